The minimum Gasteiger partial charge on any atom is -0.461 e. The van der Waals surface area contributed by atoms with E-state index in [-0.39, 0.29) is 5.69 Å². The van der Waals surface area contributed by atoms with Gasteiger partial charge in [0.25, 0.3) is 0 Å². The fraction of sp³-hybridized carbons (Fsp3) is 0.231. The molecule has 0 fully saturated rings. The summed E-state index contributed by atoms with van der Waals surface area (Å²) in [5.41, 5.74) is 2.03. The highest BCUT2D eigenvalue weighted by atomic mass is 79.9. The van der Waals surface area contributed by atoms with Gasteiger partial charge < -0.3 is 9.15 Å². The van der Waals surface area contributed by atoms with E-state index in [4.69, 9.17) is 9.15 Å². The van der Waals surface area contributed by atoms with Crippen LogP contribution in [0.1, 0.15) is 23.0 Å². The summed E-state index contributed by atoms with van der Waals surface area (Å²) in [6.45, 7) is 4.00. The molecule has 0 amide bonds. The number of hydrogen-bond acceptors (Lipinski definition) is 4. The van der Waals surface area contributed by atoms with Crippen LogP contribution in [0.25, 0.3) is 11.3 Å². The third-order valence-electron chi connectivity index (χ3n) is 2.48. The zero-order chi connectivity index (χ0) is 13.1. The largest absolute Gasteiger partial charge is 0.461 e. The lowest BCUT2D eigenvalue weighted by atomic mass is 10.1. The summed E-state index contributed by atoms with van der Waals surface area (Å²) in [5, 5.41) is 0. The molecule has 4 nitrogen and oxygen atoms in total. The van der Waals surface area contributed by atoms with Gasteiger partial charge in [0.2, 0.25) is 0 Å². The van der Waals surface area contributed by atoms with Crippen molar-refractivity contribution in [2.45, 2.75) is 13.8 Å². The molecular formula is C13H12BrNO3. The second-order valence-corrected chi connectivity index (χ2v) is 4.63. The molecule has 1 heterocycles. The van der Waals surface area contributed by atoms with E-state index in [1.807, 2.05) is 25.1 Å². The van der Waals surface area contributed by atoms with Gasteiger partial charge in [-0.25, -0.2) is 9.78 Å². The molecule has 0 unspecified atom stereocenters. The van der Waals surface area contributed by atoms with Gasteiger partial charge in [-0.1, -0.05) is 22.0 Å². The number of oxazole rings is 1. The number of aryl methyl sites for hydroxylation is 1. The van der Waals surface area contributed by atoms with Gasteiger partial charge in [-0.15, -0.1) is 0 Å². The van der Waals surface area contributed by atoms with E-state index < -0.39 is 5.97 Å². The fourth-order valence-corrected chi connectivity index (χ4v) is 1.98. The Morgan fingerprint density at radius 3 is 3.00 bits per heavy atom. The summed E-state index contributed by atoms with van der Waals surface area (Å²) in [6.07, 6.45) is 1.25. The SMILES string of the molecule is CCOC(=O)c1ncoc1-c1cc(Br)ccc1C. The molecule has 0 spiro atoms. The second kappa shape index (κ2) is 5.35. The van der Waals surface area contributed by atoms with Crippen molar-refractivity contribution < 1.29 is 13.9 Å². The molecule has 0 aliphatic carbocycles. The van der Waals surface area contributed by atoms with Crippen LogP contribution in [0.15, 0.2) is 33.5 Å². The second-order valence-electron chi connectivity index (χ2n) is 3.71. The number of carbonyl (C=O) groups is 1. The minimum atomic E-state index is -0.472. The molecule has 5 heteroatoms. The first-order valence-corrected chi connectivity index (χ1v) is 6.30. The van der Waals surface area contributed by atoms with E-state index in [0.29, 0.717) is 12.4 Å². The lowest BCUT2D eigenvalue weighted by molar-refractivity contribution is 0.0520. The van der Waals surface area contributed by atoms with Gasteiger partial charge in [0.1, 0.15) is 0 Å². The molecule has 0 N–H and O–H groups in total. The maximum absolute atomic E-state index is 11.7. The summed E-state index contributed by atoms with van der Waals surface area (Å²) < 4.78 is 11.2. The van der Waals surface area contributed by atoms with Gasteiger partial charge in [0.05, 0.1) is 6.61 Å². The Morgan fingerprint density at radius 2 is 2.28 bits per heavy atom. The quantitative estimate of drug-likeness (QED) is 0.813. The first-order chi connectivity index (χ1) is 8.63. The van der Waals surface area contributed by atoms with Gasteiger partial charge in [0, 0.05) is 10.0 Å². The number of benzene rings is 1. The highest BCUT2D eigenvalue weighted by Crippen LogP contribution is 2.29. The average Bonchev–Trinajstić information content (AvgIpc) is 2.81. The molecule has 2 rings (SSSR count). The molecule has 0 bridgehead atoms. The maximum atomic E-state index is 11.7. The predicted molar refractivity (Wildman–Crippen MR) is 70.3 cm³/mol. The minimum absolute atomic E-state index is 0.207. The predicted octanol–water partition coefficient (Wildman–Crippen LogP) is 3.59. The number of nitrogens with zero attached hydrogens (tertiary/aromatic N) is 1. The Bertz CT molecular complexity index is 577. The highest BCUT2D eigenvalue weighted by Gasteiger charge is 2.20. The van der Waals surface area contributed by atoms with Crippen molar-refractivity contribution >= 4 is 21.9 Å². The van der Waals surface area contributed by atoms with Crippen LogP contribution in [0, 0.1) is 6.92 Å². The molecule has 0 atom stereocenters. The lowest BCUT2D eigenvalue weighted by Crippen LogP contribution is -2.06. The summed E-state index contributed by atoms with van der Waals surface area (Å²) in [7, 11) is 0. The number of hydrogen-bond donors (Lipinski definition) is 0. The Balaban J connectivity index is 2.48. The standard InChI is InChI=1S/C13H12BrNO3/c1-3-17-13(16)11-12(18-7-15-11)10-6-9(14)5-4-8(10)2/h4-7H,3H2,1-2H3. The lowest BCUT2D eigenvalue weighted by Gasteiger charge is -2.05. The summed E-state index contributed by atoms with van der Waals surface area (Å²) in [6, 6.07) is 5.76. The molecule has 1 aromatic heterocycles. The molecule has 0 saturated carbocycles. The number of aromatic nitrogens is 1. The van der Waals surface area contributed by atoms with Gasteiger partial charge in [-0.2, -0.15) is 0 Å². The van der Waals surface area contributed by atoms with E-state index >= 15 is 0 Å². The molecule has 2 aromatic rings. The number of ether oxygens (including phenoxy) is 1. The van der Waals surface area contributed by atoms with Crippen LogP contribution in [0.2, 0.25) is 0 Å². The van der Waals surface area contributed by atoms with Crippen molar-refractivity contribution in [3.63, 3.8) is 0 Å². The summed E-state index contributed by atoms with van der Waals surface area (Å²) in [5.74, 6) is -0.0344. The van der Waals surface area contributed by atoms with Crippen LogP contribution in [-0.2, 0) is 4.74 Å². The van der Waals surface area contributed by atoms with Gasteiger partial charge in [-0.3, -0.25) is 0 Å². The Morgan fingerprint density at radius 1 is 1.50 bits per heavy atom. The third kappa shape index (κ3) is 2.46. The fourth-order valence-electron chi connectivity index (χ4n) is 1.62. The molecule has 18 heavy (non-hydrogen) atoms. The summed E-state index contributed by atoms with van der Waals surface area (Å²) >= 11 is 3.40. The molecule has 0 radical (unpaired) electrons. The van der Waals surface area contributed by atoms with E-state index in [9.17, 15) is 4.79 Å². The van der Waals surface area contributed by atoms with Crippen LogP contribution >= 0.6 is 15.9 Å². The van der Waals surface area contributed by atoms with Crippen molar-refractivity contribution in [1.29, 1.82) is 0 Å². The normalized spacial score (nSPS) is 10.4. The molecule has 94 valence electrons. The Kier molecular flexibility index (Phi) is 3.81. The van der Waals surface area contributed by atoms with Gasteiger partial charge >= 0.3 is 5.97 Å². The van der Waals surface area contributed by atoms with Crippen LogP contribution in [0.3, 0.4) is 0 Å². The molecular weight excluding hydrogens is 298 g/mol. The van der Waals surface area contributed by atoms with E-state index in [1.54, 1.807) is 6.92 Å². The number of carbonyl (C=O) groups excluding carboxylic acids is 1. The monoisotopic (exact) mass is 309 g/mol. The molecule has 0 saturated heterocycles. The van der Waals surface area contributed by atoms with Crippen LogP contribution < -0.4 is 0 Å². The van der Waals surface area contributed by atoms with Crippen LogP contribution in [0.5, 0.6) is 0 Å². The third-order valence-corrected chi connectivity index (χ3v) is 2.97. The number of halogens is 1. The highest BCUT2D eigenvalue weighted by molar-refractivity contribution is 9.10. The topological polar surface area (TPSA) is 52.3 Å². The first-order valence-electron chi connectivity index (χ1n) is 5.50. The van der Waals surface area contributed by atoms with Crippen molar-refractivity contribution in [3.05, 3.63) is 40.3 Å². The van der Waals surface area contributed by atoms with Crippen molar-refractivity contribution in [1.82, 2.24) is 4.98 Å². The van der Waals surface area contributed by atoms with Gasteiger partial charge in [-0.05, 0) is 31.5 Å². The number of esters is 1. The number of rotatable bonds is 3. The Labute approximate surface area is 113 Å². The van der Waals surface area contributed by atoms with E-state index in [2.05, 4.69) is 20.9 Å². The Hall–Kier alpha value is -1.62. The smallest absolute Gasteiger partial charge is 0.360 e. The van der Waals surface area contributed by atoms with E-state index in [1.165, 1.54) is 6.39 Å². The van der Waals surface area contributed by atoms with Gasteiger partial charge in [0.15, 0.2) is 17.8 Å². The van der Waals surface area contributed by atoms with Crippen molar-refractivity contribution in [3.8, 4) is 11.3 Å². The molecule has 0 aliphatic rings. The average molecular weight is 310 g/mol. The maximum Gasteiger partial charge on any atom is 0.360 e. The zero-order valence-electron chi connectivity index (χ0n) is 10.1. The zero-order valence-corrected chi connectivity index (χ0v) is 11.7. The van der Waals surface area contributed by atoms with Crippen molar-refractivity contribution in [2.24, 2.45) is 0 Å². The summed E-state index contributed by atoms with van der Waals surface area (Å²) in [4.78, 5) is 15.7. The van der Waals surface area contributed by atoms with Crippen LogP contribution in [0.4, 0.5) is 0 Å². The van der Waals surface area contributed by atoms with E-state index in [0.717, 1.165) is 15.6 Å². The first kappa shape index (κ1) is 12.8. The molecule has 0 aliphatic heterocycles. The van der Waals surface area contributed by atoms with Crippen molar-refractivity contribution in [2.75, 3.05) is 6.61 Å². The van der Waals surface area contributed by atoms with Crippen LogP contribution in [-0.4, -0.2) is 17.6 Å². The molecule has 1 aromatic carbocycles.